The molecule has 0 spiro atoms. The summed E-state index contributed by atoms with van der Waals surface area (Å²) in [4.78, 5) is 14.6. The van der Waals surface area contributed by atoms with E-state index in [1.54, 1.807) is 10.9 Å². The van der Waals surface area contributed by atoms with E-state index in [1.165, 1.54) is 0 Å². The number of carboxylic acid groups (broad SMARTS) is 1. The van der Waals surface area contributed by atoms with Crippen molar-refractivity contribution in [1.82, 2.24) is 25.2 Å². The predicted molar refractivity (Wildman–Crippen MR) is 62.7 cm³/mol. The quantitative estimate of drug-likeness (QED) is 0.843. The summed E-state index contributed by atoms with van der Waals surface area (Å²) in [6, 6.07) is 3.71. The third-order valence-corrected chi connectivity index (χ3v) is 2.45. The maximum atomic E-state index is 10.5. The third-order valence-electron chi connectivity index (χ3n) is 2.45. The van der Waals surface area contributed by atoms with Gasteiger partial charge in [-0.25, -0.2) is 4.68 Å². The minimum atomic E-state index is -0.815. The molecule has 0 aliphatic carbocycles. The number of tetrazole rings is 1. The molecule has 18 heavy (non-hydrogen) atoms. The van der Waals surface area contributed by atoms with Gasteiger partial charge in [0.05, 0.1) is 0 Å². The lowest BCUT2D eigenvalue weighted by Crippen LogP contribution is -2.05. The van der Waals surface area contributed by atoms with Crippen LogP contribution in [0.3, 0.4) is 0 Å². The summed E-state index contributed by atoms with van der Waals surface area (Å²) >= 11 is 0. The maximum Gasteiger partial charge on any atom is 0.303 e. The van der Waals surface area contributed by atoms with Gasteiger partial charge in [0.2, 0.25) is 0 Å². The SMILES string of the molecule is Cc1cc(-c2nnnn2CCCC(=O)O)ccn1. The van der Waals surface area contributed by atoms with Gasteiger partial charge in [0, 0.05) is 30.4 Å². The van der Waals surface area contributed by atoms with E-state index >= 15 is 0 Å². The second kappa shape index (κ2) is 5.35. The molecule has 0 aliphatic rings. The highest BCUT2D eigenvalue weighted by atomic mass is 16.4. The molecule has 7 nitrogen and oxygen atoms in total. The molecule has 0 aromatic carbocycles. The first-order valence-electron chi connectivity index (χ1n) is 5.58. The molecule has 0 bridgehead atoms. The highest BCUT2D eigenvalue weighted by Gasteiger charge is 2.09. The number of aromatic nitrogens is 5. The number of aliphatic carboxylic acids is 1. The maximum absolute atomic E-state index is 10.5. The molecule has 0 saturated heterocycles. The van der Waals surface area contributed by atoms with Crippen molar-refractivity contribution in [2.75, 3.05) is 0 Å². The number of carboxylic acids is 1. The minimum absolute atomic E-state index is 0.106. The lowest BCUT2D eigenvalue weighted by Gasteiger charge is -2.03. The lowest BCUT2D eigenvalue weighted by atomic mass is 10.2. The van der Waals surface area contributed by atoms with E-state index < -0.39 is 5.97 Å². The normalized spacial score (nSPS) is 10.5. The van der Waals surface area contributed by atoms with Gasteiger partial charge < -0.3 is 5.11 Å². The highest BCUT2D eigenvalue weighted by molar-refractivity contribution is 5.66. The zero-order valence-electron chi connectivity index (χ0n) is 9.94. The first-order chi connectivity index (χ1) is 8.66. The van der Waals surface area contributed by atoms with Crippen LogP contribution in [-0.2, 0) is 11.3 Å². The van der Waals surface area contributed by atoms with E-state index in [1.807, 2.05) is 19.1 Å². The lowest BCUT2D eigenvalue weighted by molar-refractivity contribution is -0.137. The van der Waals surface area contributed by atoms with E-state index in [-0.39, 0.29) is 6.42 Å². The summed E-state index contributed by atoms with van der Waals surface area (Å²) in [6.07, 6.45) is 2.30. The number of hydrogen-bond acceptors (Lipinski definition) is 5. The number of aryl methyl sites for hydroxylation is 2. The standard InChI is InChI=1S/C11H13N5O2/c1-8-7-9(4-5-12-8)11-13-14-15-16(11)6-2-3-10(17)18/h4-5,7H,2-3,6H2,1H3,(H,17,18). The van der Waals surface area contributed by atoms with Crippen molar-refractivity contribution in [3.8, 4) is 11.4 Å². The van der Waals surface area contributed by atoms with Gasteiger partial charge in [0.25, 0.3) is 0 Å². The second-order valence-corrected chi connectivity index (χ2v) is 3.91. The van der Waals surface area contributed by atoms with Crippen molar-refractivity contribution >= 4 is 5.97 Å². The first kappa shape index (κ1) is 12.2. The fraction of sp³-hybridized carbons (Fsp3) is 0.364. The van der Waals surface area contributed by atoms with E-state index in [0.717, 1.165) is 11.3 Å². The molecule has 2 rings (SSSR count). The van der Waals surface area contributed by atoms with Gasteiger partial charge in [0.1, 0.15) is 0 Å². The molecule has 94 valence electrons. The molecular formula is C11H13N5O2. The summed E-state index contributed by atoms with van der Waals surface area (Å²) in [5.41, 5.74) is 1.76. The largest absolute Gasteiger partial charge is 0.481 e. The molecular weight excluding hydrogens is 234 g/mol. The Morgan fingerprint density at radius 3 is 3.06 bits per heavy atom. The van der Waals surface area contributed by atoms with Crippen LogP contribution in [0.25, 0.3) is 11.4 Å². The van der Waals surface area contributed by atoms with Gasteiger partial charge in [-0.05, 0) is 35.9 Å². The first-order valence-corrected chi connectivity index (χ1v) is 5.58. The molecule has 0 amide bonds. The summed E-state index contributed by atoms with van der Waals surface area (Å²) in [7, 11) is 0. The Hall–Kier alpha value is -2.31. The van der Waals surface area contributed by atoms with Crippen LogP contribution in [0, 0.1) is 6.92 Å². The Morgan fingerprint density at radius 1 is 1.50 bits per heavy atom. The third kappa shape index (κ3) is 2.88. The van der Waals surface area contributed by atoms with Gasteiger partial charge in [-0.2, -0.15) is 0 Å². The Labute approximate surface area is 103 Å². The van der Waals surface area contributed by atoms with E-state index in [4.69, 9.17) is 5.11 Å². The molecule has 0 atom stereocenters. The molecule has 0 radical (unpaired) electrons. The topological polar surface area (TPSA) is 93.8 Å². The number of nitrogens with zero attached hydrogens (tertiary/aromatic N) is 5. The summed E-state index contributed by atoms with van der Waals surface area (Å²) < 4.78 is 1.61. The van der Waals surface area contributed by atoms with Crippen molar-refractivity contribution < 1.29 is 9.90 Å². The van der Waals surface area contributed by atoms with Crippen molar-refractivity contribution in [3.63, 3.8) is 0 Å². The smallest absolute Gasteiger partial charge is 0.303 e. The zero-order valence-corrected chi connectivity index (χ0v) is 9.94. The Kier molecular flexibility index (Phi) is 3.61. The molecule has 2 aromatic heterocycles. The van der Waals surface area contributed by atoms with Gasteiger partial charge in [-0.1, -0.05) is 0 Å². The van der Waals surface area contributed by atoms with Gasteiger partial charge in [-0.15, -0.1) is 5.10 Å². The number of hydrogen-bond donors (Lipinski definition) is 1. The van der Waals surface area contributed by atoms with Crippen LogP contribution in [0.15, 0.2) is 18.3 Å². The fourth-order valence-corrected chi connectivity index (χ4v) is 1.63. The second-order valence-electron chi connectivity index (χ2n) is 3.91. The van der Waals surface area contributed by atoms with E-state index in [9.17, 15) is 4.79 Å². The molecule has 2 heterocycles. The van der Waals surface area contributed by atoms with Crippen molar-refractivity contribution in [2.24, 2.45) is 0 Å². The van der Waals surface area contributed by atoms with Gasteiger partial charge in [-0.3, -0.25) is 9.78 Å². The molecule has 0 fully saturated rings. The van der Waals surface area contributed by atoms with Gasteiger partial charge in [0.15, 0.2) is 5.82 Å². The summed E-state index contributed by atoms with van der Waals surface area (Å²) in [5, 5.41) is 20.0. The van der Waals surface area contributed by atoms with Crippen LogP contribution in [0.5, 0.6) is 0 Å². The number of carbonyl (C=O) groups is 1. The van der Waals surface area contributed by atoms with Crippen LogP contribution in [-0.4, -0.2) is 36.3 Å². The van der Waals surface area contributed by atoms with Gasteiger partial charge >= 0.3 is 5.97 Å². The zero-order chi connectivity index (χ0) is 13.0. The van der Waals surface area contributed by atoms with E-state index in [0.29, 0.717) is 18.8 Å². The molecule has 0 unspecified atom stereocenters. The van der Waals surface area contributed by atoms with Crippen molar-refractivity contribution in [3.05, 3.63) is 24.0 Å². The van der Waals surface area contributed by atoms with Crippen LogP contribution < -0.4 is 0 Å². The Bertz CT molecular complexity index is 552. The highest BCUT2D eigenvalue weighted by Crippen LogP contribution is 2.15. The van der Waals surface area contributed by atoms with Crippen LogP contribution in [0.4, 0.5) is 0 Å². The monoisotopic (exact) mass is 247 g/mol. The molecule has 2 aromatic rings. The number of rotatable bonds is 5. The molecule has 0 aliphatic heterocycles. The Morgan fingerprint density at radius 2 is 2.33 bits per heavy atom. The van der Waals surface area contributed by atoms with Crippen LogP contribution in [0.2, 0.25) is 0 Å². The predicted octanol–water partition coefficient (Wildman–Crippen LogP) is 0.908. The summed E-state index contributed by atoms with van der Waals surface area (Å²) in [5.74, 6) is -0.185. The molecule has 7 heteroatoms. The average molecular weight is 247 g/mol. The minimum Gasteiger partial charge on any atom is -0.481 e. The Balaban J connectivity index is 2.15. The molecule has 0 saturated carbocycles. The van der Waals surface area contributed by atoms with Crippen molar-refractivity contribution in [2.45, 2.75) is 26.3 Å². The van der Waals surface area contributed by atoms with Crippen LogP contribution in [0.1, 0.15) is 18.5 Å². The average Bonchev–Trinajstić information content (AvgIpc) is 2.77. The van der Waals surface area contributed by atoms with Crippen LogP contribution >= 0.6 is 0 Å². The fourth-order valence-electron chi connectivity index (χ4n) is 1.63. The number of pyridine rings is 1. The van der Waals surface area contributed by atoms with E-state index in [2.05, 4.69) is 20.5 Å². The molecule has 1 N–H and O–H groups in total. The van der Waals surface area contributed by atoms with Crippen molar-refractivity contribution in [1.29, 1.82) is 0 Å². The summed E-state index contributed by atoms with van der Waals surface area (Å²) in [6.45, 7) is 2.37.